The lowest BCUT2D eigenvalue weighted by atomic mass is 9.78. The number of nitriles is 2. The summed E-state index contributed by atoms with van der Waals surface area (Å²) in [6.45, 7) is 8.32. The van der Waals surface area contributed by atoms with Crippen LogP contribution in [0, 0.1) is 22.7 Å². The van der Waals surface area contributed by atoms with Gasteiger partial charge in [0.1, 0.15) is 0 Å². The Bertz CT molecular complexity index is 7810. The number of aldehydes is 1. The van der Waals surface area contributed by atoms with Gasteiger partial charge >= 0.3 is 7.12 Å². The molecule has 1 fully saturated rings. The number of fused-ring (bicyclic) bond motifs is 11. The largest absolute Gasteiger partial charge is 0.494 e. The SMILES string of the molecule is Brc1cc2cc3ccccc3nc2c2ncccc12.CC1(C)OB(c2ccc(-c3ccc(-c4ccc(-c5ccc(C#N)cc5)cc4)c4ccccc34)cc2)OC1(C)C.N#Cc1ccc(-c2ccc(-c3ccc(-c4ccc(-c5cc6cc7ccccc7nc6c6ncccc56)cc4)c4ccccc34)cc2)cc1.Nc1ccc(Br)c2cccnc12.O=Cc1ccccc1Br. The zero-order chi connectivity index (χ0) is 87.3. The molecular weight excluding hydrogens is 1760 g/mol. The van der Waals surface area contributed by atoms with E-state index in [0.29, 0.717) is 22.4 Å². The Kier molecular flexibility index (Phi) is 23.9. The fraction of sp³-hybridized carbons (Fsp3) is 0.0536. The highest BCUT2D eigenvalue weighted by atomic mass is 79.9. The first-order valence-electron chi connectivity index (χ1n) is 41.6. The molecular formula is C112H78BBr3N8O3. The first-order valence-corrected chi connectivity index (χ1v) is 43.9. The molecule has 5 aromatic heterocycles. The number of carbonyl (C=O) groups excluding carboxylic acids is 1. The van der Waals surface area contributed by atoms with Crippen LogP contribution in [0.2, 0.25) is 0 Å². The molecule has 16 aromatic carbocycles. The van der Waals surface area contributed by atoms with Gasteiger partial charge in [0.25, 0.3) is 0 Å². The van der Waals surface area contributed by atoms with Crippen molar-refractivity contribution in [3.8, 4) is 90.0 Å². The summed E-state index contributed by atoms with van der Waals surface area (Å²) in [5.74, 6) is 0. The van der Waals surface area contributed by atoms with Crippen LogP contribution in [0.5, 0.6) is 0 Å². The van der Waals surface area contributed by atoms with Crippen molar-refractivity contribution < 1.29 is 14.1 Å². The summed E-state index contributed by atoms with van der Waals surface area (Å²) in [6.07, 6.45) is 6.23. The summed E-state index contributed by atoms with van der Waals surface area (Å²) in [5.41, 5.74) is 31.6. The van der Waals surface area contributed by atoms with Gasteiger partial charge in [-0.05, 0) is 230 Å². The molecule has 11 nitrogen and oxygen atoms in total. The van der Waals surface area contributed by atoms with Crippen LogP contribution in [-0.2, 0) is 9.31 Å². The smallest absolute Gasteiger partial charge is 0.399 e. The van der Waals surface area contributed by atoms with Gasteiger partial charge in [-0.3, -0.25) is 19.7 Å². The number of carbonyl (C=O) groups is 1. The van der Waals surface area contributed by atoms with E-state index in [-0.39, 0.29) is 18.3 Å². The number of para-hydroxylation sites is 2. The molecule has 0 saturated carbocycles. The third-order valence-corrected chi connectivity index (χ3v) is 25.7. The van der Waals surface area contributed by atoms with Crippen LogP contribution < -0.4 is 11.2 Å². The lowest BCUT2D eigenvalue weighted by Gasteiger charge is -2.32. The van der Waals surface area contributed by atoms with E-state index >= 15 is 0 Å². The number of rotatable bonds is 9. The van der Waals surface area contributed by atoms with Gasteiger partial charge in [-0.2, -0.15) is 10.5 Å². The standard InChI is InChI=1S/C45H27N3.C35H30BNO2.C16H9BrN2.C9H7BrN2.C7H5BrO/c46-28-29-11-13-30(14-12-29)31-15-17-32(18-16-31)37-23-24-38(40-8-3-2-7-39(37)40)33-19-21-34(22-20-33)42-27-36-26-35-6-1-4-10-43(35)48-44(36)45-41(42)9-5-25-47-45;1-34(2)35(3,4)39-36(38-34)29-19-17-28(18-20-29)31-22-21-30(32-7-5-6-8-33(31)32)27-15-13-26(14-16-27)25-11-9-24(23-37)10-12-25;17-13-9-11-8-10-4-1-2-6-14(10)19-15(11)16-12(13)5-3-7-18-16;10-7-3-4-8(11)9-6(7)2-1-5-12-9;8-7-4-2-1-3-6(7)5-9/h1-27H;5-22H,1-4H3;1-9H;1-5H,11H2;1-5H. The molecule has 0 amide bonds. The fourth-order valence-electron chi connectivity index (χ4n) is 16.3. The number of nitrogens with two attached hydrogens (primary N) is 1. The summed E-state index contributed by atoms with van der Waals surface area (Å²) in [4.78, 5) is 33.4. The zero-order valence-electron chi connectivity index (χ0n) is 69.6. The Morgan fingerprint density at radius 1 is 0.315 bits per heavy atom. The highest BCUT2D eigenvalue weighted by molar-refractivity contribution is 9.11. The predicted octanol–water partition coefficient (Wildman–Crippen LogP) is 29.2. The topological polar surface area (TPSA) is 174 Å². The van der Waals surface area contributed by atoms with Crippen LogP contribution in [0.25, 0.3) is 176 Å². The molecule has 15 heteroatoms. The second-order valence-corrected chi connectivity index (χ2v) is 34.6. The van der Waals surface area contributed by atoms with E-state index in [1.807, 2.05) is 140 Å². The van der Waals surface area contributed by atoms with Crippen LogP contribution in [0.15, 0.2) is 396 Å². The summed E-state index contributed by atoms with van der Waals surface area (Å²) in [6, 6.07) is 129. The molecule has 0 spiro atoms. The molecule has 0 radical (unpaired) electrons. The number of pyridine rings is 5. The number of aromatic nitrogens is 5. The maximum absolute atomic E-state index is 10.2. The minimum atomic E-state index is -0.365. The molecule has 0 unspecified atom stereocenters. The van der Waals surface area contributed by atoms with Gasteiger partial charge in [-0.1, -0.05) is 315 Å². The Labute approximate surface area is 761 Å². The molecule has 1 saturated heterocycles. The van der Waals surface area contributed by atoms with Gasteiger partial charge in [-0.25, -0.2) is 9.97 Å². The van der Waals surface area contributed by atoms with Gasteiger partial charge in [0.2, 0.25) is 0 Å². The normalized spacial score (nSPS) is 12.5. The Balaban J connectivity index is 0.000000121. The van der Waals surface area contributed by atoms with Gasteiger partial charge in [0.15, 0.2) is 6.29 Å². The van der Waals surface area contributed by atoms with Crippen LogP contribution in [-0.4, -0.2) is 49.5 Å². The monoisotopic (exact) mass is 1830 g/mol. The van der Waals surface area contributed by atoms with Crippen LogP contribution in [0.3, 0.4) is 0 Å². The Morgan fingerprint density at radius 2 is 0.661 bits per heavy atom. The number of hydrogen-bond donors (Lipinski definition) is 1. The molecule has 0 aliphatic carbocycles. The number of halogens is 3. The predicted molar refractivity (Wildman–Crippen MR) is 535 cm³/mol. The average molecular weight is 1830 g/mol. The Hall–Kier alpha value is -14.5. The fourth-order valence-corrected chi connectivity index (χ4v) is 17.7. The molecule has 1 aliphatic rings. The van der Waals surface area contributed by atoms with Crippen molar-refractivity contribution in [1.82, 2.24) is 24.9 Å². The maximum Gasteiger partial charge on any atom is 0.494 e. The molecule has 6 heterocycles. The number of nitrogens with zero attached hydrogens (tertiary/aromatic N) is 7. The quantitative estimate of drug-likeness (QED) is 0.0479. The van der Waals surface area contributed by atoms with E-state index in [9.17, 15) is 4.79 Å². The second kappa shape index (κ2) is 36.4. The van der Waals surface area contributed by atoms with E-state index in [4.69, 9.17) is 40.5 Å². The molecule has 21 aromatic rings. The summed E-state index contributed by atoms with van der Waals surface area (Å²) in [7, 11) is -0.365. The van der Waals surface area contributed by atoms with E-state index < -0.39 is 0 Å². The average Bonchev–Trinajstić information content (AvgIpc) is 1.17. The van der Waals surface area contributed by atoms with Crippen LogP contribution in [0.1, 0.15) is 49.2 Å². The second-order valence-electron chi connectivity index (χ2n) is 32.0. The number of benzene rings is 16. The number of anilines is 1. The molecule has 608 valence electrons. The van der Waals surface area contributed by atoms with E-state index in [1.54, 1.807) is 12.3 Å². The summed E-state index contributed by atoms with van der Waals surface area (Å²) >= 11 is 10.3. The third-order valence-electron chi connectivity index (χ3n) is 23.7. The van der Waals surface area contributed by atoms with Gasteiger partial charge in [-0.15, -0.1) is 0 Å². The van der Waals surface area contributed by atoms with Crippen molar-refractivity contribution in [2.75, 3.05) is 5.73 Å². The molecule has 127 heavy (non-hydrogen) atoms. The van der Waals surface area contributed by atoms with Crippen molar-refractivity contribution in [2.24, 2.45) is 0 Å². The highest BCUT2D eigenvalue weighted by Crippen LogP contribution is 2.43. The van der Waals surface area contributed by atoms with Crippen molar-refractivity contribution in [3.63, 3.8) is 0 Å². The van der Waals surface area contributed by atoms with Gasteiger partial charge < -0.3 is 15.0 Å². The molecule has 1 aliphatic heterocycles. The highest BCUT2D eigenvalue weighted by Gasteiger charge is 2.51. The van der Waals surface area contributed by atoms with Crippen molar-refractivity contribution >= 4 is 170 Å². The number of hydrogen-bond acceptors (Lipinski definition) is 11. The van der Waals surface area contributed by atoms with Gasteiger partial charge in [0.05, 0.1) is 78.8 Å². The maximum atomic E-state index is 10.2. The lowest BCUT2D eigenvalue weighted by molar-refractivity contribution is 0.00578. The zero-order valence-corrected chi connectivity index (χ0v) is 74.4. The van der Waals surface area contributed by atoms with Crippen molar-refractivity contribution in [3.05, 3.63) is 413 Å². The van der Waals surface area contributed by atoms with E-state index in [2.05, 4.69) is 328 Å². The van der Waals surface area contributed by atoms with Crippen molar-refractivity contribution in [2.45, 2.75) is 38.9 Å². The first-order chi connectivity index (χ1) is 61.9. The molecule has 22 rings (SSSR count). The summed E-state index contributed by atoms with van der Waals surface area (Å²) < 4.78 is 15.4. The molecule has 0 bridgehead atoms. The third kappa shape index (κ3) is 17.4. The first kappa shape index (κ1) is 83.4. The lowest BCUT2D eigenvalue weighted by Crippen LogP contribution is -2.41. The van der Waals surface area contributed by atoms with E-state index in [0.717, 1.165) is 140 Å². The minimum absolute atomic E-state index is 0.359. The van der Waals surface area contributed by atoms with Crippen LogP contribution >= 0.6 is 47.8 Å². The number of nitrogen functional groups attached to an aromatic ring is 1. The van der Waals surface area contributed by atoms with Crippen molar-refractivity contribution in [1.29, 1.82) is 10.5 Å². The van der Waals surface area contributed by atoms with Crippen LogP contribution in [0.4, 0.5) is 5.69 Å². The molecule has 2 N–H and O–H groups in total. The summed E-state index contributed by atoms with van der Waals surface area (Å²) in [5, 5.41) is 30.8. The molecule has 0 atom stereocenters. The van der Waals surface area contributed by atoms with Gasteiger partial charge in [0, 0.05) is 75.3 Å². The van der Waals surface area contributed by atoms with E-state index in [1.165, 1.54) is 60.5 Å². The Morgan fingerprint density at radius 3 is 1.08 bits per heavy atom. The minimum Gasteiger partial charge on any atom is -0.399 e.